The quantitative estimate of drug-likeness (QED) is 0.616. The van der Waals surface area contributed by atoms with Crippen LogP contribution in [0.1, 0.15) is 32.6 Å². The van der Waals surface area contributed by atoms with Crippen LogP contribution in [0.2, 0.25) is 0 Å². The first-order valence-corrected chi connectivity index (χ1v) is 4.35. The average Bonchev–Trinajstić information content (AvgIpc) is 2.06. The third-order valence-electron chi connectivity index (χ3n) is 2.32. The molecule has 0 aromatic carbocycles. The lowest BCUT2D eigenvalue weighted by Gasteiger charge is -2.33. The van der Waals surface area contributed by atoms with Crippen LogP contribution >= 0.6 is 0 Å². The zero-order valence-corrected chi connectivity index (χ0v) is 7.05. The van der Waals surface area contributed by atoms with Gasteiger partial charge in [0.2, 0.25) is 6.41 Å². The average molecular weight is 156 g/mol. The van der Waals surface area contributed by atoms with Crippen LogP contribution < -0.4 is 5.43 Å². The lowest BCUT2D eigenvalue weighted by Crippen LogP contribution is -2.47. The summed E-state index contributed by atoms with van der Waals surface area (Å²) in [5.74, 6) is 0. The van der Waals surface area contributed by atoms with E-state index in [1.165, 1.54) is 19.3 Å². The van der Waals surface area contributed by atoms with Crippen molar-refractivity contribution in [3.8, 4) is 0 Å². The molecule has 0 radical (unpaired) electrons. The minimum atomic E-state index is 0.564. The number of carbonyl (C=O) groups excluding carboxylic acids is 1. The van der Waals surface area contributed by atoms with E-state index >= 15 is 0 Å². The van der Waals surface area contributed by atoms with Crippen LogP contribution in [0.4, 0.5) is 0 Å². The fourth-order valence-electron chi connectivity index (χ4n) is 1.66. The molecule has 1 N–H and O–H groups in total. The maximum Gasteiger partial charge on any atom is 0.221 e. The largest absolute Gasteiger partial charge is 0.291 e. The molecule has 1 fully saturated rings. The van der Waals surface area contributed by atoms with Crippen LogP contribution in [0.15, 0.2) is 0 Å². The minimum Gasteiger partial charge on any atom is -0.291 e. The lowest BCUT2D eigenvalue weighted by atomic mass is 10.0. The molecule has 3 nitrogen and oxygen atoms in total. The van der Waals surface area contributed by atoms with Crippen molar-refractivity contribution in [3.05, 3.63) is 0 Å². The Balaban J connectivity index is 2.37. The smallest absolute Gasteiger partial charge is 0.221 e. The van der Waals surface area contributed by atoms with Crippen molar-refractivity contribution in [1.29, 1.82) is 0 Å². The number of rotatable bonds is 3. The molecule has 1 rings (SSSR count). The van der Waals surface area contributed by atoms with Crippen molar-refractivity contribution >= 4 is 6.41 Å². The van der Waals surface area contributed by atoms with Crippen molar-refractivity contribution in [3.63, 3.8) is 0 Å². The monoisotopic (exact) mass is 156 g/mol. The predicted octanol–water partition coefficient (Wildman–Crippen LogP) is 0.912. The summed E-state index contributed by atoms with van der Waals surface area (Å²) in [4.78, 5) is 10.2. The van der Waals surface area contributed by atoms with E-state index in [2.05, 4.69) is 17.4 Å². The van der Waals surface area contributed by atoms with E-state index in [4.69, 9.17) is 0 Å². The van der Waals surface area contributed by atoms with Crippen LogP contribution in [0.25, 0.3) is 0 Å². The van der Waals surface area contributed by atoms with Gasteiger partial charge in [-0.25, -0.2) is 5.01 Å². The summed E-state index contributed by atoms with van der Waals surface area (Å²) in [6, 6.07) is 0.564. The number of carbonyl (C=O) groups is 1. The van der Waals surface area contributed by atoms with E-state index in [0.29, 0.717) is 6.04 Å². The van der Waals surface area contributed by atoms with Gasteiger partial charge in [0.25, 0.3) is 0 Å². The van der Waals surface area contributed by atoms with E-state index in [1.54, 1.807) is 0 Å². The lowest BCUT2D eigenvalue weighted by molar-refractivity contribution is -0.115. The maximum absolute atomic E-state index is 10.2. The van der Waals surface area contributed by atoms with Gasteiger partial charge in [0.15, 0.2) is 0 Å². The van der Waals surface area contributed by atoms with Crippen LogP contribution in [-0.2, 0) is 4.79 Å². The van der Waals surface area contributed by atoms with Gasteiger partial charge in [0.05, 0.1) is 0 Å². The van der Waals surface area contributed by atoms with Crippen LogP contribution in [0.5, 0.6) is 0 Å². The van der Waals surface area contributed by atoms with E-state index in [9.17, 15) is 4.79 Å². The number of hydrogen-bond acceptors (Lipinski definition) is 2. The molecule has 0 aliphatic carbocycles. The fourth-order valence-corrected chi connectivity index (χ4v) is 1.66. The van der Waals surface area contributed by atoms with E-state index < -0.39 is 0 Å². The van der Waals surface area contributed by atoms with Gasteiger partial charge in [-0.05, 0) is 19.3 Å². The van der Waals surface area contributed by atoms with Crippen molar-refractivity contribution in [2.24, 2.45) is 0 Å². The second kappa shape index (κ2) is 4.34. The summed E-state index contributed by atoms with van der Waals surface area (Å²) >= 11 is 0. The molecule has 1 amide bonds. The van der Waals surface area contributed by atoms with Gasteiger partial charge < -0.3 is 0 Å². The summed E-state index contributed by atoms with van der Waals surface area (Å²) < 4.78 is 0. The number of piperidine rings is 1. The van der Waals surface area contributed by atoms with E-state index in [-0.39, 0.29) is 0 Å². The van der Waals surface area contributed by atoms with Crippen molar-refractivity contribution in [1.82, 2.24) is 10.4 Å². The molecule has 0 bridgehead atoms. The molecular weight excluding hydrogens is 140 g/mol. The Morgan fingerprint density at radius 1 is 1.64 bits per heavy atom. The van der Waals surface area contributed by atoms with Crippen LogP contribution in [0.3, 0.4) is 0 Å². The number of hydrogen-bond donors (Lipinski definition) is 1. The number of hydrazine groups is 1. The summed E-state index contributed by atoms with van der Waals surface area (Å²) in [5.41, 5.74) is 2.74. The third-order valence-corrected chi connectivity index (χ3v) is 2.32. The zero-order valence-electron chi connectivity index (χ0n) is 7.05. The first kappa shape index (κ1) is 8.53. The summed E-state index contributed by atoms with van der Waals surface area (Å²) in [5, 5.41) is 2.05. The molecule has 1 unspecified atom stereocenters. The highest BCUT2D eigenvalue weighted by molar-refractivity contribution is 5.45. The molecule has 0 spiro atoms. The fraction of sp³-hybridized carbons (Fsp3) is 0.875. The minimum absolute atomic E-state index is 0.564. The Kier molecular flexibility index (Phi) is 3.36. The van der Waals surface area contributed by atoms with Crippen LogP contribution in [0, 0.1) is 0 Å². The highest BCUT2D eigenvalue weighted by atomic mass is 16.1. The zero-order chi connectivity index (χ0) is 8.10. The Morgan fingerprint density at radius 3 is 3.09 bits per heavy atom. The molecule has 11 heavy (non-hydrogen) atoms. The standard InChI is InChI=1S/C8H16N2O/c1-2-8-5-3-4-6-10(8)9-7-11/h7-8H,2-6H2,1H3,(H,9,11). The normalized spacial score (nSPS) is 26.5. The molecule has 64 valence electrons. The first-order chi connectivity index (χ1) is 5.38. The topological polar surface area (TPSA) is 32.3 Å². The van der Waals surface area contributed by atoms with Gasteiger partial charge in [0.1, 0.15) is 0 Å². The SMILES string of the molecule is CCC1CCCCN1NC=O. The second-order valence-electron chi connectivity index (χ2n) is 3.00. The van der Waals surface area contributed by atoms with Gasteiger partial charge in [-0.2, -0.15) is 0 Å². The molecule has 1 saturated heterocycles. The summed E-state index contributed by atoms with van der Waals surface area (Å²) in [7, 11) is 0. The second-order valence-corrected chi connectivity index (χ2v) is 3.00. The molecule has 0 aromatic heterocycles. The Morgan fingerprint density at radius 2 is 2.45 bits per heavy atom. The molecule has 0 aromatic rings. The van der Waals surface area contributed by atoms with Gasteiger partial charge in [-0.1, -0.05) is 13.3 Å². The van der Waals surface area contributed by atoms with E-state index in [0.717, 1.165) is 19.4 Å². The third kappa shape index (κ3) is 2.19. The van der Waals surface area contributed by atoms with Crippen molar-refractivity contribution < 1.29 is 4.79 Å². The molecule has 1 aliphatic rings. The number of amides is 1. The van der Waals surface area contributed by atoms with Gasteiger partial charge in [0, 0.05) is 12.6 Å². The Bertz CT molecular complexity index is 127. The molecule has 3 heteroatoms. The van der Waals surface area contributed by atoms with Crippen LogP contribution in [-0.4, -0.2) is 24.0 Å². The Hall–Kier alpha value is -0.570. The predicted molar refractivity (Wildman–Crippen MR) is 43.8 cm³/mol. The molecule has 0 saturated carbocycles. The number of nitrogens with one attached hydrogen (secondary N) is 1. The molecule has 1 aliphatic heterocycles. The maximum atomic E-state index is 10.2. The van der Waals surface area contributed by atoms with Crippen molar-refractivity contribution in [2.45, 2.75) is 38.6 Å². The van der Waals surface area contributed by atoms with Gasteiger partial charge >= 0.3 is 0 Å². The first-order valence-electron chi connectivity index (χ1n) is 4.35. The van der Waals surface area contributed by atoms with Gasteiger partial charge in [-0.15, -0.1) is 0 Å². The number of nitrogens with zero attached hydrogens (tertiary/aromatic N) is 1. The van der Waals surface area contributed by atoms with Crippen molar-refractivity contribution in [2.75, 3.05) is 6.54 Å². The molecule has 1 atom stereocenters. The summed E-state index contributed by atoms with van der Waals surface area (Å²) in [6.45, 7) is 3.17. The van der Waals surface area contributed by atoms with Gasteiger partial charge in [-0.3, -0.25) is 10.2 Å². The Labute approximate surface area is 67.7 Å². The van der Waals surface area contributed by atoms with E-state index in [1.807, 2.05) is 0 Å². The summed E-state index contributed by atoms with van der Waals surface area (Å²) in [6.07, 6.45) is 5.62. The highest BCUT2D eigenvalue weighted by Gasteiger charge is 2.19. The highest BCUT2D eigenvalue weighted by Crippen LogP contribution is 2.16. The molecular formula is C8H16N2O. The molecule has 1 heterocycles.